The summed E-state index contributed by atoms with van der Waals surface area (Å²) in [6.07, 6.45) is 0.831. The highest BCUT2D eigenvalue weighted by atomic mass is 16.2. The zero-order valence-electron chi connectivity index (χ0n) is 12.3. The van der Waals surface area contributed by atoms with Crippen LogP contribution in [-0.4, -0.2) is 73.3 Å². The summed E-state index contributed by atoms with van der Waals surface area (Å²) < 4.78 is 0. The van der Waals surface area contributed by atoms with Crippen LogP contribution in [0.3, 0.4) is 0 Å². The summed E-state index contributed by atoms with van der Waals surface area (Å²) in [6.45, 7) is 7.45. The molecule has 7 nitrogen and oxygen atoms in total. The number of carbonyl (C=O) groups is 3. The lowest BCUT2D eigenvalue weighted by molar-refractivity contribution is -0.146. The summed E-state index contributed by atoms with van der Waals surface area (Å²) in [5.74, 6) is -1.43. The molecule has 20 heavy (non-hydrogen) atoms. The first-order chi connectivity index (χ1) is 9.60. The third-order valence-corrected chi connectivity index (χ3v) is 3.34. The number of nitrogens with one attached hydrogen (secondary N) is 2. The van der Waals surface area contributed by atoms with E-state index in [2.05, 4.69) is 10.6 Å². The van der Waals surface area contributed by atoms with E-state index in [0.29, 0.717) is 32.7 Å². The first-order valence-corrected chi connectivity index (χ1v) is 7.15. The molecule has 0 saturated carbocycles. The molecule has 0 aromatic carbocycles. The van der Waals surface area contributed by atoms with Gasteiger partial charge in [0.25, 0.3) is 0 Å². The highest BCUT2D eigenvalue weighted by Gasteiger charge is 2.23. The van der Waals surface area contributed by atoms with Gasteiger partial charge in [0, 0.05) is 32.7 Å². The van der Waals surface area contributed by atoms with Crippen LogP contribution in [0.5, 0.6) is 0 Å². The topological polar surface area (TPSA) is 81.8 Å². The lowest BCUT2D eigenvalue weighted by Gasteiger charge is -2.21. The van der Waals surface area contributed by atoms with Gasteiger partial charge in [0.15, 0.2) is 0 Å². The third kappa shape index (κ3) is 4.80. The number of hydrogen-bond acceptors (Lipinski definition) is 4. The summed E-state index contributed by atoms with van der Waals surface area (Å²) in [5, 5.41) is 5.57. The lowest BCUT2D eigenvalue weighted by Crippen LogP contribution is -2.47. The molecule has 0 radical (unpaired) electrons. The maximum absolute atomic E-state index is 11.9. The molecule has 0 aromatic heterocycles. The molecule has 0 atom stereocenters. The predicted molar refractivity (Wildman–Crippen MR) is 75.0 cm³/mol. The van der Waals surface area contributed by atoms with Crippen molar-refractivity contribution in [1.29, 1.82) is 0 Å². The molecule has 0 aromatic rings. The fourth-order valence-electron chi connectivity index (χ4n) is 2.11. The molecule has 0 spiro atoms. The Kier molecular flexibility index (Phi) is 7.00. The molecule has 114 valence electrons. The van der Waals surface area contributed by atoms with Crippen LogP contribution >= 0.6 is 0 Å². The largest absolute Gasteiger partial charge is 0.342 e. The van der Waals surface area contributed by atoms with Crippen LogP contribution in [0, 0.1) is 0 Å². The second-order valence-electron chi connectivity index (χ2n) is 4.64. The van der Waals surface area contributed by atoms with Crippen molar-refractivity contribution in [2.75, 3.05) is 45.8 Å². The van der Waals surface area contributed by atoms with Crippen LogP contribution in [0.15, 0.2) is 0 Å². The quantitative estimate of drug-likeness (QED) is 0.635. The Morgan fingerprint density at radius 2 is 1.85 bits per heavy atom. The monoisotopic (exact) mass is 284 g/mol. The molecule has 7 heteroatoms. The Hall–Kier alpha value is -1.63. The van der Waals surface area contributed by atoms with Crippen molar-refractivity contribution in [2.24, 2.45) is 0 Å². The Balaban J connectivity index is 2.41. The highest BCUT2D eigenvalue weighted by Crippen LogP contribution is 1.96. The van der Waals surface area contributed by atoms with E-state index >= 15 is 0 Å². The average molecular weight is 284 g/mol. The highest BCUT2D eigenvalue weighted by molar-refractivity contribution is 6.35. The molecule has 1 saturated heterocycles. The van der Waals surface area contributed by atoms with Crippen LogP contribution in [-0.2, 0) is 14.4 Å². The van der Waals surface area contributed by atoms with E-state index in [9.17, 15) is 14.4 Å². The van der Waals surface area contributed by atoms with Crippen LogP contribution in [0.1, 0.15) is 20.3 Å². The third-order valence-electron chi connectivity index (χ3n) is 3.34. The SMILES string of the molecule is CCN(CC)C(=O)CNC(=O)C(=O)N1CCCNCC1. The summed E-state index contributed by atoms with van der Waals surface area (Å²) >= 11 is 0. The van der Waals surface area contributed by atoms with Gasteiger partial charge in [-0.25, -0.2) is 0 Å². The Bertz CT molecular complexity index is 348. The molecule has 0 unspecified atom stereocenters. The molecule has 1 aliphatic rings. The van der Waals surface area contributed by atoms with Gasteiger partial charge >= 0.3 is 11.8 Å². The number of amides is 3. The molecule has 1 rings (SSSR count). The van der Waals surface area contributed by atoms with E-state index in [1.165, 1.54) is 4.90 Å². The fourth-order valence-corrected chi connectivity index (χ4v) is 2.11. The number of rotatable bonds is 4. The van der Waals surface area contributed by atoms with Crippen molar-refractivity contribution in [2.45, 2.75) is 20.3 Å². The molecule has 0 bridgehead atoms. The van der Waals surface area contributed by atoms with Crippen LogP contribution in [0.2, 0.25) is 0 Å². The minimum atomic E-state index is -0.701. The summed E-state index contributed by atoms with van der Waals surface area (Å²) in [6, 6.07) is 0. The molecule has 3 amide bonds. The standard InChI is InChI=1S/C13H24N4O3/c1-3-16(4-2)11(18)10-15-12(19)13(20)17-8-5-6-14-7-9-17/h14H,3-10H2,1-2H3,(H,15,19). The first kappa shape index (κ1) is 16.4. The molecule has 1 heterocycles. The zero-order chi connectivity index (χ0) is 15.0. The van der Waals surface area contributed by atoms with E-state index in [1.54, 1.807) is 4.90 Å². The smallest absolute Gasteiger partial charge is 0.311 e. The molecular formula is C13H24N4O3. The van der Waals surface area contributed by atoms with Gasteiger partial charge in [-0.3, -0.25) is 14.4 Å². The summed E-state index contributed by atoms with van der Waals surface area (Å²) in [4.78, 5) is 38.6. The average Bonchev–Trinajstić information content (AvgIpc) is 2.74. The van der Waals surface area contributed by atoms with Crippen molar-refractivity contribution in [3.63, 3.8) is 0 Å². The minimum absolute atomic E-state index is 0.127. The van der Waals surface area contributed by atoms with Crippen molar-refractivity contribution in [3.05, 3.63) is 0 Å². The maximum atomic E-state index is 11.9. The minimum Gasteiger partial charge on any atom is -0.342 e. The van der Waals surface area contributed by atoms with Gasteiger partial charge in [-0.05, 0) is 26.8 Å². The number of carbonyl (C=O) groups excluding carboxylic acids is 3. The molecule has 0 aliphatic carbocycles. The van der Waals surface area contributed by atoms with Crippen molar-refractivity contribution in [3.8, 4) is 0 Å². The Labute approximate surface area is 119 Å². The Morgan fingerprint density at radius 1 is 1.15 bits per heavy atom. The molecule has 1 aliphatic heterocycles. The lowest BCUT2D eigenvalue weighted by atomic mass is 10.3. The number of nitrogens with zero attached hydrogens (tertiary/aromatic N) is 2. The molecular weight excluding hydrogens is 260 g/mol. The second kappa shape index (κ2) is 8.52. The van der Waals surface area contributed by atoms with Gasteiger partial charge in [0.1, 0.15) is 0 Å². The zero-order valence-corrected chi connectivity index (χ0v) is 12.3. The van der Waals surface area contributed by atoms with Gasteiger partial charge in [0.05, 0.1) is 6.54 Å². The van der Waals surface area contributed by atoms with Gasteiger partial charge in [-0.1, -0.05) is 0 Å². The summed E-state index contributed by atoms with van der Waals surface area (Å²) in [5.41, 5.74) is 0. The number of likely N-dealkylation sites (N-methyl/N-ethyl adjacent to an activating group) is 1. The van der Waals surface area contributed by atoms with Crippen molar-refractivity contribution in [1.82, 2.24) is 20.4 Å². The van der Waals surface area contributed by atoms with Crippen LogP contribution < -0.4 is 10.6 Å². The Morgan fingerprint density at radius 3 is 2.50 bits per heavy atom. The van der Waals surface area contributed by atoms with E-state index in [1.807, 2.05) is 13.8 Å². The van der Waals surface area contributed by atoms with E-state index < -0.39 is 11.8 Å². The second-order valence-corrected chi connectivity index (χ2v) is 4.64. The summed E-state index contributed by atoms with van der Waals surface area (Å²) in [7, 11) is 0. The van der Waals surface area contributed by atoms with Gasteiger partial charge in [-0.2, -0.15) is 0 Å². The van der Waals surface area contributed by atoms with Gasteiger partial charge in [-0.15, -0.1) is 0 Å². The van der Waals surface area contributed by atoms with E-state index in [-0.39, 0.29) is 12.5 Å². The maximum Gasteiger partial charge on any atom is 0.311 e. The van der Waals surface area contributed by atoms with Gasteiger partial charge in [0.2, 0.25) is 5.91 Å². The van der Waals surface area contributed by atoms with Crippen molar-refractivity contribution < 1.29 is 14.4 Å². The van der Waals surface area contributed by atoms with Crippen LogP contribution in [0.25, 0.3) is 0 Å². The van der Waals surface area contributed by atoms with Crippen molar-refractivity contribution >= 4 is 17.7 Å². The van der Waals surface area contributed by atoms with Gasteiger partial charge < -0.3 is 20.4 Å². The molecule has 2 N–H and O–H groups in total. The van der Waals surface area contributed by atoms with Crippen LogP contribution in [0.4, 0.5) is 0 Å². The normalized spacial score (nSPS) is 15.4. The number of hydrogen-bond donors (Lipinski definition) is 2. The molecule has 1 fully saturated rings. The predicted octanol–water partition coefficient (Wildman–Crippen LogP) is -1.21. The van der Waals surface area contributed by atoms with E-state index in [0.717, 1.165) is 13.0 Å². The fraction of sp³-hybridized carbons (Fsp3) is 0.769. The van der Waals surface area contributed by atoms with E-state index in [4.69, 9.17) is 0 Å². The first-order valence-electron chi connectivity index (χ1n) is 7.15.